The molecule has 0 saturated carbocycles. The van der Waals surface area contributed by atoms with Crippen LogP contribution in [0.25, 0.3) is 0 Å². The number of carbonyl (C=O) groups excluding carboxylic acids is 1. The summed E-state index contributed by atoms with van der Waals surface area (Å²) in [6.45, 7) is 6.66. The lowest BCUT2D eigenvalue weighted by molar-refractivity contribution is -0.0122. The molecule has 1 aromatic rings. The van der Waals surface area contributed by atoms with Crippen molar-refractivity contribution in [1.82, 2.24) is 9.88 Å². The summed E-state index contributed by atoms with van der Waals surface area (Å²) in [5.41, 5.74) is 5.84. The number of aromatic nitrogens is 1. The Labute approximate surface area is 116 Å². The van der Waals surface area contributed by atoms with Crippen LogP contribution in [0.5, 0.6) is 0 Å². The van der Waals surface area contributed by atoms with Crippen LogP contribution in [-0.4, -0.2) is 48.1 Å². The molecule has 1 atom stereocenters. The van der Waals surface area contributed by atoms with Crippen LogP contribution in [0, 0.1) is 0 Å². The minimum absolute atomic E-state index is 0.0466. The fourth-order valence-corrected chi connectivity index (χ4v) is 2.82. The third-order valence-corrected chi connectivity index (χ3v) is 3.92. The smallest absolute Gasteiger partial charge is 0.268 e. The molecule has 7 heteroatoms. The third-order valence-electron chi connectivity index (χ3n) is 2.90. The minimum atomic E-state index is -0.0466. The number of carbonyl (C=O) groups is 1. The average molecular weight is 284 g/mol. The van der Waals surface area contributed by atoms with Crippen LogP contribution >= 0.6 is 11.3 Å². The lowest BCUT2D eigenvalue weighted by Gasteiger charge is -2.30. The van der Waals surface area contributed by atoms with E-state index in [0.29, 0.717) is 35.5 Å². The van der Waals surface area contributed by atoms with Gasteiger partial charge in [0.1, 0.15) is 10.7 Å². The maximum absolute atomic E-state index is 12.4. The standard InChI is InChI=1S/C12H20N4O2S/c1-3-4-14-12-15-10(13)9(19-12)11(17)16-5-6-18-8(2)7-16/h8H,3-7,13H2,1-2H3,(H,14,15). The number of morpholine rings is 1. The molecule has 1 fully saturated rings. The highest BCUT2D eigenvalue weighted by Gasteiger charge is 2.26. The Hall–Kier alpha value is -1.34. The van der Waals surface area contributed by atoms with E-state index < -0.39 is 0 Å². The zero-order valence-electron chi connectivity index (χ0n) is 11.3. The number of amides is 1. The summed E-state index contributed by atoms with van der Waals surface area (Å²) in [5.74, 6) is 0.266. The molecule has 19 heavy (non-hydrogen) atoms. The molecule has 0 aliphatic carbocycles. The van der Waals surface area contributed by atoms with E-state index in [9.17, 15) is 4.79 Å². The monoisotopic (exact) mass is 284 g/mol. The molecule has 1 amide bonds. The Morgan fingerprint density at radius 1 is 1.68 bits per heavy atom. The first-order valence-corrected chi connectivity index (χ1v) is 7.34. The number of rotatable bonds is 4. The Morgan fingerprint density at radius 3 is 3.16 bits per heavy atom. The topological polar surface area (TPSA) is 80.5 Å². The molecule has 3 N–H and O–H groups in total. The molecule has 1 aromatic heterocycles. The van der Waals surface area contributed by atoms with Crippen molar-refractivity contribution < 1.29 is 9.53 Å². The Bertz CT molecular complexity index is 449. The average Bonchev–Trinajstić information content (AvgIpc) is 2.76. The Kier molecular flexibility index (Phi) is 4.60. The van der Waals surface area contributed by atoms with Crippen molar-refractivity contribution in [3.63, 3.8) is 0 Å². The number of nitrogens with one attached hydrogen (secondary N) is 1. The summed E-state index contributed by atoms with van der Waals surface area (Å²) in [4.78, 5) is 18.9. The zero-order chi connectivity index (χ0) is 13.8. The van der Waals surface area contributed by atoms with E-state index in [2.05, 4.69) is 17.2 Å². The van der Waals surface area contributed by atoms with Gasteiger partial charge in [0.25, 0.3) is 5.91 Å². The highest BCUT2D eigenvalue weighted by molar-refractivity contribution is 7.18. The predicted octanol–water partition coefficient (Wildman–Crippen LogP) is 1.41. The van der Waals surface area contributed by atoms with Crippen molar-refractivity contribution in [2.75, 3.05) is 37.3 Å². The van der Waals surface area contributed by atoms with Crippen molar-refractivity contribution in [3.05, 3.63) is 4.88 Å². The number of hydrogen-bond acceptors (Lipinski definition) is 6. The number of nitrogen functional groups attached to an aromatic ring is 1. The number of nitrogens with zero attached hydrogens (tertiary/aromatic N) is 2. The molecule has 0 aromatic carbocycles. The van der Waals surface area contributed by atoms with E-state index >= 15 is 0 Å². The molecule has 106 valence electrons. The van der Waals surface area contributed by atoms with Crippen molar-refractivity contribution in [1.29, 1.82) is 0 Å². The van der Waals surface area contributed by atoms with Gasteiger partial charge in [-0.25, -0.2) is 4.98 Å². The van der Waals surface area contributed by atoms with Gasteiger partial charge >= 0.3 is 0 Å². The first-order valence-electron chi connectivity index (χ1n) is 6.52. The van der Waals surface area contributed by atoms with Crippen molar-refractivity contribution in [2.45, 2.75) is 26.4 Å². The van der Waals surface area contributed by atoms with E-state index in [0.717, 1.165) is 13.0 Å². The van der Waals surface area contributed by atoms with Gasteiger partial charge in [0, 0.05) is 19.6 Å². The fourth-order valence-electron chi connectivity index (χ4n) is 1.94. The normalized spacial score (nSPS) is 19.5. The van der Waals surface area contributed by atoms with E-state index in [4.69, 9.17) is 10.5 Å². The van der Waals surface area contributed by atoms with E-state index in [1.165, 1.54) is 11.3 Å². The van der Waals surface area contributed by atoms with Crippen LogP contribution in [0.15, 0.2) is 0 Å². The highest BCUT2D eigenvalue weighted by atomic mass is 32.1. The van der Waals surface area contributed by atoms with Crippen molar-refractivity contribution >= 4 is 28.2 Å². The molecule has 0 spiro atoms. The molecule has 0 radical (unpaired) electrons. The molecule has 1 aliphatic heterocycles. The maximum atomic E-state index is 12.4. The molecule has 1 saturated heterocycles. The maximum Gasteiger partial charge on any atom is 0.268 e. The summed E-state index contributed by atoms with van der Waals surface area (Å²) in [6.07, 6.45) is 1.08. The van der Waals surface area contributed by atoms with Gasteiger partial charge in [-0.1, -0.05) is 18.3 Å². The first kappa shape index (κ1) is 14.1. The lowest BCUT2D eigenvalue weighted by Crippen LogP contribution is -2.44. The summed E-state index contributed by atoms with van der Waals surface area (Å²) in [7, 11) is 0. The molecule has 1 unspecified atom stereocenters. The molecule has 0 bridgehead atoms. The number of nitrogens with two attached hydrogens (primary N) is 1. The van der Waals surface area contributed by atoms with Crippen LogP contribution in [0.3, 0.4) is 0 Å². The second-order valence-electron chi connectivity index (χ2n) is 4.59. The molecule has 6 nitrogen and oxygen atoms in total. The van der Waals surface area contributed by atoms with Crippen molar-refractivity contribution in [2.24, 2.45) is 0 Å². The Morgan fingerprint density at radius 2 is 2.47 bits per heavy atom. The Balaban J connectivity index is 2.07. The van der Waals surface area contributed by atoms with E-state index in [1.807, 2.05) is 6.92 Å². The summed E-state index contributed by atoms with van der Waals surface area (Å²) < 4.78 is 5.43. The van der Waals surface area contributed by atoms with Gasteiger partial charge in [-0.3, -0.25) is 4.79 Å². The van der Waals surface area contributed by atoms with Crippen LogP contribution in [-0.2, 0) is 4.74 Å². The first-order chi connectivity index (χ1) is 9.11. The lowest BCUT2D eigenvalue weighted by atomic mass is 10.3. The van der Waals surface area contributed by atoms with Crippen LogP contribution in [0.4, 0.5) is 10.9 Å². The predicted molar refractivity (Wildman–Crippen MR) is 76.6 cm³/mol. The summed E-state index contributed by atoms with van der Waals surface area (Å²) >= 11 is 1.32. The van der Waals surface area contributed by atoms with Crippen molar-refractivity contribution in [3.8, 4) is 0 Å². The largest absolute Gasteiger partial charge is 0.382 e. The highest BCUT2D eigenvalue weighted by Crippen LogP contribution is 2.26. The van der Waals surface area contributed by atoms with Gasteiger partial charge in [-0.2, -0.15) is 0 Å². The van der Waals surface area contributed by atoms with E-state index in [-0.39, 0.29) is 12.0 Å². The molecule has 2 rings (SSSR count). The second kappa shape index (κ2) is 6.21. The molecular formula is C12H20N4O2S. The summed E-state index contributed by atoms with van der Waals surface area (Å²) in [6, 6.07) is 0. The number of ether oxygens (including phenoxy) is 1. The molecular weight excluding hydrogens is 264 g/mol. The zero-order valence-corrected chi connectivity index (χ0v) is 12.1. The van der Waals surface area contributed by atoms with Crippen LogP contribution < -0.4 is 11.1 Å². The van der Waals surface area contributed by atoms with Gasteiger partial charge in [0.2, 0.25) is 0 Å². The minimum Gasteiger partial charge on any atom is -0.382 e. The second-order valence-corrected chi connectivity index (χ2v) is 5.59. The van der Waals surface area contributed by atoms with Gasteiger partial charge in [-0.05, 0) is 13.3 Å². The number of thiazole rings is 1. The third kappa shape index (κ3) is 3.36. The quantitative estimate of drug-likeness (QED) is 0.873. The van der Waals surface area contributed by atoms with Crippen LogP contribution in [0.1, 0.15) is 29.9 Å². The molecule has 2 heterocycles. The molecule has 1 aliphatic rings. The van der Waals surface area contributed by atoms with Gasteiger partial charge in [-0.15, -0.1) is 0 Å². The van der Waals surface area contributed by atoms with Crippen LogP contribution in [0.2, 0.25) is 0 Å². The summed E-state index contributed by atoms with van der Waals surface area (Å²) in [5, 5.41) is 3.87. The number of hydrogen-bond donors (Lipinski definition) is 2. The van der Waals surface area contributed by atoms with Gasteiger partial charge in [0.15, 0.2) is 5.13 Å². The van der Waals surface area contributed by atoms with Gasteiger partial charge in [0.05, 0.1) is 12.7 Å². The van der Waals surface area contributed by atoms with E-state index in [1.54, 1.807) is 4.90 Å². The number of anilines is 2. The van der Waals surface area contributed by atoms with Gasteiger partial charge < -0.3 is 20.7 Å². The SMILES string of the molecule is CCCNc1nc(N)c(C(=O)N2CCOC(C)C2)s1. The fraction of sp³-hybridized carbons (Fsp3) is 0.667.